The zero-order valence-electron chi connectivity index (χ0n) is 6.32. The van der Waals surface area contributed by atoms with Crippen LogP contribution in [0.1, 0.15) is 20.8 Å². The lowest BCUT2D eigenvalue weighted by molar-refractivity contribution is 0.0671. The molecule has 3 nitrogen and oxygen atoms in total. The van der Waals surface area contributed by atoms with Crippen molar-refractivity contribution in [1.29, 1.82) is 5.41 Å². The smallest absolute Gasteiger partial charge is 0.380 e. The predicted octanol–water partition coefficient (Wildman–Crippen LogP) is 1.38. The van der Waals surface area contributed by atoms with E-state index in [2.05, 4.69) is 4.74 Å². The van der Waals surface area contributed by atoms with Crippen molar-refractivity contribution in [3.63, 3.8) is 0 Å². The predicted molar refractivity (Wildman–Crippen MR) is 35.6 cm³/mol. The molecule has 1 N–H and O–H groups in total. The molecule has 0 aliphatic rings. The first-order chi connectivity index (χ1) is 3.95. The molecule has 0 heterocycles. The third-order valence-electron chi connectivity index (χ3n) is 0.584. The molecule has 0 bridgehead atoms. The van der Waals surface area contributed by atoms with E-state index in [1.807, 2.05) is 20.8 Å². The minimum absolute atomic E-state index is 0.137. The minimum atomic E-state index is -0.326. The van der Waals surface area contributed by atoms with Crippen LogP contribution in [-0.4, -0.2) is 18.8 Å². The molecule has 0 unspecified atom stereocenters. The lowest BCUT2D eigenvalue weighted by Crippen LogP contribution is -2.24. The van der Waals surface area contributed by atoms with Gasteiger partial charge in [0.15, 0.2) is 0 Å². The van der Waals surface area contributed by atoms with E-state index in [-0.39, 0.29) is 11.7 Å². The maximum Gasteiger partial charge on any atom is 0.380 e. The van der Waals surface area contributed by atoms with E-state index in [0.717, 1.165) is 0 Å². The number of rotatable bonds is 0. The first kappa shape index (κ1) is 8.27. The molecule has 0 saturated heterocycles. The summed E-state index contributed by atoms with van der Waals surface area (Å²) in [6.07, 6.45) is -0.137. The fourth-order valence-electron chi connectivity index (χ4n) is 0.320. The molecule has 0 fully saturated rings. The van der Waals surface area contributed by atoms with Crippen LogP contribution < -0.4 is 0 Å². The summed E-state index contributed by atoms with van der Waals surface area (Å²) in [6.45, 7) is 5.59. The van der Waals surface area contributed by atoms with Gasteiger partial charge in [0.1, 0.15) is 5.60 Å². The van der Waals surface area contributed by atoms with Crippen molar-refractivity contribution in [2.24, 2.45) is 0 Å². The van der Waals surface area contributed by atoms with Gasteiger partial charge in [0.05, 0.1) is 7.11 Å². The molecule has 3 heteroatoms. The molecular formula is C6H13NO2. The molecule has 0 aliphatic carbocycles. The van der Waals surface area contributed by atoms with Gasteiger partial charge in [-0.15, -0.1) is 0 Å². The second-order valence-corrected chi connectivity index (χ2v) is 2.71. The summed E-state index contributed by atoms with van der Waals surface area (Å²) in [7, 11) is 1.41. The van der Waals surface area contributed by atoms with Crippen molar-refractivity contribution in [2.45, 2.75) is 26.4 Å². The SMILES string of the molecule is COC(=N)OC(C)(C)C. The van der Waals surface area contributed by atoms with Crippen LogP contribution in [0.15, 0.2) is 0 Å². The average molecular weight is 131 g/mol. The van der Waals surface area contributed by atoms with E-state index >= 15 is 0 Å². The Morgan fingerprint density at radius 3 is 1.89 bits per heavy atom. The normalized spacial score (nSPS) is 10.7. The van der Waals surface area contributed by atoms with E-state index < -0.39 is 0 Å². The van der Waals surface area contributed by atoms with Crippen molar-refractivity contribution in [2.75, 3.05) is 7.11 Å². The highest BCUT2D eigenvalue weighted by Gasteiger charge is 2.13. The standard InChI is InChI=1S/C6H13NO2/c1-6(2,3)9-5(7)8-4/h7H,1-4H3. The van der Waals surface area contributed by atoms with Gasteiger partial charge in [0.2, 0.25) is 0 Å². The molecule has 0 rings (SSSR count). The van der Waals surface area contributed by atoms with Gasteiger partial charge < -0.3 is 9.47 Å². The van der Waals surface area contributed by atoms with Gasteiger partial charge in [0.25, 0.3) is 0 Å². The zero-order chi connectivity index (χ0) is 7.49. The lowest BCUT2D eigenvalue weighted by atomic mass is 10.2. The molecule has 0 amide bonds. The quantitative estimate of drug-likeness (QED) is 0.398. The molecule has 9 heavy (non-hydrogen) atoms. The van der Waals surface area contributed by atoms with Gasteiger partial charge in [-0.3, -0.25) is 0 Å². The van der Waals surface area contributed by atoms with Crippen molar-refractivity contribution in [1.82, 2.24) is 0 Å². The van der Waals surface area contributed by atoms with Crippen LogP contribution in [0.2, 0.25) is 0 Å². The Hall–Kier alpha value is -0.730. The third-order valence-corrected chi connectivity index (χ3v) is 0.584. The highest BCUT2D eigenvalue weighted by Crippen LogP contribution is 2.06. The first-order valence-electron chi connectivity index (χ1n) is 2.77. The van der Waals surface area contributed by atoms with E-state index in [4.69, 9.17) is 10.1 Å². The topological polar surface area (TPSA) is 42.3 Å². The summed E-state index contributed by atoms with van der Waals surface area (Å²) < 4.78 is 9.44. The summed E-state index contributed by atoms with van der Waals surface area (Å²) in [4.78, 5) is 0. The Balaban J connectivity index is 3.60. The number of ether oxygens (including phenoxy) is 2. The maximum atomic E-state index is 6.95. The fraction of sp³-hybridized carbons (Fsp3) is 0.833. The third kappa shape index (κ3) is 5.14. The van der Waals surface area contributed by atoms with E-state index in [1.54, 1.807) is 0 Å². The van der Waals surface area contributed by atoms with Crippen molar-refractivity contribution < 1.29 is 9.47 Å². The van der Waals surface area contributed by atoms with Crippen LogP contribution in [0, 0.1) is 5.41 Å². The minimum Gasteiger partial charge on any atom is -0.454 e. The van der Waals surface area contributed by atoms with Crippen LogP contribution in [0.3, 0.4) is 0 Å². The van der Waals surface area contributed by atoms with Crippen LogP contribution >= 0.6 is 0 Å². The average Bonchev–Trinajstić information content (AvgIpc) is 1.62. The second kappa shape index (κ2) is 2.71. The molecule has 0 saturated carbocycles. The number of nitrogens with one attached hydrogen (secondary N) is 1. The van der Waals surface area contributed by atoms with Gasteiger partial charge in [0, 0.05) is 0 Å². The first-order valence-corrected chi connectivity index (χ1v) is 2.77. The van der Waals surface area contributed by atoms with Crippen molar-refractivity contribution in [3.8, 4) is 0 Å². The number of hydrogen-bond donors (Lipinski definition) is 1. The number of methoxy groups -OCH3 is 1. The summed E-state index contributed by atoms with van der Waals surface area (Å²) >= 11 is 0. The summed E-state index contributed by atoms with van der Waals surface area (Å²) in [5.74, 6) is 0. The molecule has 0 radical (unpaired) electrons. The second-order valence-electron chi connectivity index (χ2n) is 2.71. The molecule has 0 atom stereocenters. The Bertz CT molecular complexity index is 104. The highest BCUT2D eigenvalue weighted by molar-refractivity contribution is 5.62. The largest absolute Gasteiger partial charge is 0.454 e. The summed E-state index contributed by atoms with van der Waals surface area (Å²) in [6, 6.07) is 0. The Kier molecular flexibility index (Phi) is 2.49. The molecule has 0 aromatic rings. The van der Waals surface area contributed by atoms with E-state index in [0.29, 0.717) is 0 Å². The summed E-state index contributed by atoms with van der Waals surface area (Å²) in [5.41, 5.74) is -0.326. The van der Waals surface area contributed by atoms with Gasteiger partial charge in [-0.25, -0.2) is 5.41 Å². The molecule has 0 aromatic heterocycles. The summed E-state index contributed by atoms with van der Waals surface area (Å²) in [5, 5.41) is 6.95. The van der Waals surface area contributed by atoms with Gasteiger partial charge >= 0.3 is 6.08 Å². The van der Waals surface area contributed by atoms with E-state index in [9.17, 15) is 0 Å². The van der Waals surface area contributed by atoms with Crippen molar-refractivity contribution in [3.05, 3.63) is 0 Å². The van der Waals surface area contributed by atoms with Gasteiger partial charge in [-0.2, -0.15) is 0 Å². The molecule has 0 aromatic carbocycles. The fourth-order valence-corrected chi connectivity index (χ4v) is 0.320. The molecule has 0 spiro atoms. The zero-order valence-corrected chi connectivity index (χ0v) is 6.32. The Labute approximate surface area is 55.5 Å². The van der Waals surface area contributed by atoms with Gasteiger partial charge in [-0.1, -0.05) is 0 Å². The highest BCUT2D eigenvalue weighted by atomic mass is 16.7. The monoisotopic (exact) mass is 131 g/mol. The van der Waals surface area contributed by atoms with Crippen molar-refractivity contribution >= 4 is 6.08 Å². The lowest BCUT2D eigenvalue weighted by Gasteiger charge is -2.19. The van der Waals surface area contributed by atoms with Crippen LogP contribution in [0.4, 0.5) is 0 Å². The van der Waals surface area contributed by atoms with Crippen LogP contribution in [-0.2, 0) is 9.47 Å². The maximum absolute atomic E-state index is 6.95. The molecular weight excluding hydrogens is 118 g/mol. The molecule has 0 aliphatic heterocycles. The Morgan fingerprint density at radius 2 is 1.78 bits per heavy atom. The van der Waals surface area contributed by atoms with Crippen LogP contribution in [0.25, 0.3) is 0 Å². The Morgan fingerprint density at radius 1 is 1.33 bits per heavy atom. The van der Waals surface area contributed by atoms with E-state index in [1.165, 1.54) is 7.11 Å². The van der Waals surface area contributed by atoms with Gasteiger partial charge in [-0.05, 0) is 20.8 Å². The number of hydrogen-bond acceptors (Lipinski definition) is 3. The van der Waals surface area contributed by atoms with Crippen LogP contribution in [0.5, 0.6) is 0 Å². The molecule has 54 valence electrons.